The zero-order chi connectivity index (χ0) is 33.3. The van der Waals surface area contributed by atoms with Crippen molar-refractivity contribution in [3.63, 3.8) is 0 Å². The van der Waals surface area contributed by atoms with E-state index < -0.39 is 28.5 Å². The van der Waals surface area contributed by atoms with Gasteiger partial charge in [-0.3, -0.25) is 13.9 Å². The first-order valence-corrected chi connectivity index (χ1v) is 17.0. The van der Waals surface area contributed by atoms with Crippen LogP contribution in [0.3, 0.4) is 0 Å². The van der Waals surface area contributed by atoms with E-state index in [1.807, 2.05) is 56.3 Å². The fourth-order valence-electron chi connectivity index (χ4n) is 5.05. The van der Waals surface area contributed by atoms with Crippen LogP contribution in [0.15, 0.2) is 108 Å². The van der Waals surface area contributed by atoms with Crippen molar-refractivity contribution in [2.45, 2.75) is 57.1 Å². The number of sulfonamides is 1. The third-order valence-electron chi connectivity index (χ3n) is 7.81. The molecule has 4 rings (SSSR count). The lowest BCUT2D eigenvalue weighted by molar-refractivity contribution is -0.140. The highest BCUT2D eigenvalue weighted by Gasteiger charge is 2.35. The molecule has 0 radical (unpaired) electrons. The number of hydrogen-bond acceptors (Lipinski definition) is 5. The van der Waals surface area contributed by atoms with Gasteiger partial charge in [0.25, 0.3) is 10.0 Å². The Labute approximate surface area is 277 Å². The van der Waals surface area contributed by atoms with Gasteiger partial charge in [0, 0.05) is 24.0 Å². The molecule has 0 aliphatic carbocycles. The Kier molecular flexibility index (Phi) is 11.8. The second-order valence-corrected chi connectivity index (χ2v) is 13.5. The van der Waals surface area contributed by atoms with Crippen LogP contribution in [0.25, 0.3) is 0 Å². The number of carbonyl (C=O) groups is 2. The largest absolute Gasteiger partial charge is 0.497 e. The maximum atomic E-state index is 14.6. The molecule has 10 heteroatoms. The lowest BCUT2D eigenvalue weighted by Gasteiger charge is -2.34. The smallest absolute Gasteiger partial charge is 0.264 e. The second-order valence-electron chi connectivity index (χ2n) is 11.2. The molecule has 0 bridgehead atoms. The quantitative estimate of drug-likeness (QED) is 0.169. The molecule has 0 fully saturated rings. The molecule has 0 heterocycles. The maximum Gasteiger partial charge on any atom is 0.264 e. The maximum absolute atomic E-state index is 14.6. The topological polar surface area (TPSA) is 96.0 Å². The van der Waals surface area contributed by atoms with E-state index in [9.17, 15) is 18.0 Å². The third kappa shape index (κ3) is 8.68. The normalized spacial score (nSPS) is 12.5. The molecule has 2 amide bonds. The molecule has 8 nitrogen and oxygen atoms in total. The number of rotatable bonds is 14. The molecule has 0 aliphatic heterocycles. The first-order chi connectivity index (χ1) is 22.0. The van der Waals surface area contributed by atoms with E-state index in [1.54, 1.807) is 56.5 Å². The van der Waals surface area contributed by atoms with E-state index in [1.165, 1.54) is 23.1 Å². The number of methoxy groups -OCH3 is 1. The minimum absolute atomic E-state index is 0.0249. The minimum atomic E-state index is -4.23. The number of nitrogens with zero attached hydrogens (tertiary/aromatic N) is 2. The zero-order valence-corrected chi connectivity index (χ0v) is 28.1. The Bertz CT molecular complexity index is 1740. The summed E-state index contributed by atoms with van der Waals surface area (Å²) >= 11 is 6.35. The van der Waals surface area contributed by atoms with Crippen LogP contribution < -0.4 is 14.4 Å². The first kappa shape index (κ1) is 34.5. The second kappa shape index (κ2) is 15.8. The van der Waals surface area contributed by atoms with Crippen LogP contribution >= 0.6 is 11.6 Å². The monoisotopic (exact) mass is 661 g/mol. The van der Waals surface area contributed by atoms with Gasteiger partial charge in [-0.05, 0) is 73.4 Å². The van der Waals surface area contributed by atoms with Crippen LogP contribution in [0.1, 0.15) is 37.0 Å². The predicted octanol–water partition coefficient (Wildman–Crippen LogP) is 6.41. The van der Waals surface area contributed by atoms with Crippen molar-refractivity contribution in [1.82, 2.24) is 10.2 Å². The lowest BCUT2D eigenvalue weighted by atomic mass is 10.0. The number of benzene rings is 4. The zero-order valence-electron chi connectivity index (χ0n) is 26.5. The predicted molar refractivity (Wildman–Crippen MR) is 183 cm³/mol. The molecule has 0 spiro atoms. The van der Waals surface area contributed by atoms with E-state index in [-0.39, 0.29) is 35.5 Å². The van der Waals surface area contributed by atoms with Gasteiger partial charge in [-0.25, -0.2) is 8.42 Å². The first-order valence-electron chi connectivity index (χ1n) is 15.1. The minimum Gasteiger partial charge on any atom is -0.497 e. The van der Waals surface area contributed by atoms with Crippen LogP contribution in [0.5, 0.6) is 5.75 Å². The molecule has 1 N–H and O–H groups in total. The van der Waals surface area contributed by atoms with Crippen LogP contribution in [0.4, 0.5) is 5.69 Å². The molecule has 46 heavy (non-hydrogen) atoms. The highest BCUT2D eigenvalue weighted by Crippen LogP contribution is 2.30. The third-order valence-corrected chi connectivity index (χ3v) is 9.82. The highest BCUT2D eigenvalue weighted by molar-refractivity contribution is 7.92. The number of anilines is 1. The van der Waals surface area contributed by atoms with Gasteiger partial charge in [0.15, 0.2) is 0 Å². The van der Waals surface area contributed by atoms with Crippen molar-refractivity contribution in [2.75, 3.05) is 18.0 Å². The number of ether oxygens (including phenoxy) is 1. The molecule has 4 aromatic rings. The average Bonchev–Trinajstić information content (AvgIpc) is 3.07. The summed E-state index contributed by atoms with van der Waals surface area (Å²) < 4.78 is 34.9. The van der Waals surface area contributed by atoms with E-state index in [0.29, 0.717) is 22.8 Å². The van der Waals surface area contributed by atoms with E-state index in [0.717, 1.165) is 15.4 Å². The summed E-state index contributed by atoms with van der Waals surface area (Å²) in [5, 5.41) is 3.37. The highest BCUT2D eigenvalue weighted by atomic mass is 35.5. The van der Waals surface area contributed by atoms with Gasteiger partial charge in [-0.2, -0.15) is 0 Å². The van der Waals surface area contributed by atoms with Crippen LogP contribution in [-0.4, -0.2) is 50.9 Å². The van der Waals surface area contributed by atoms with Crippen molar-refractivity contribution in [1.29, 1.82) is 0 Å². The summed E-state index contributed by atoms with van der Waals surface area (Å²) in [5.74, 6) is -0.288. The molecule has 0 saturated heterocycles. The Morgan fingerprint density at radius 2 is 1.54 bits per heavy atom. The van der Waals surface area contributed by atoms with Gasteiger partial charge in [0.1, 0.15) is 18.3 Å². The summed E-state index contributed by atoms with van der Waals surface area (Å²) in [7, 11) is -2.67. The Hall–Kier alpha value is -4.34. The average molecular weight is 662 g/mol. The number of hydrogen-bond donors (Lipinski definition) is 1. The van der Waals surface area contributed by atoms with Crippen molar-refractivity contribution >= 4 is 39.1 Å². The lowest BCUT2D eigenvalue weighted by Crippen LogP contribution is -2.54. The Balaban J connectivity index is 1.84. The molecule has 0 unspecified atom stereocenters. The number of carbonyl (C=O) groups excluding carboxylic acids is 2. The van der Waals surface area contributed by atoms with Gasteiger partial charge in [0.05, 0.1) is 17.7 Å². The molecule has 0 saturated carbocycles. The Morgan fingerprint density at radius 3 is 2.20 bits per heavy atom. The summed E-state index contributed by atoms with van der Waals surface area (Å²) in [6, 6.07) is 28.5. The molecule has 2 atom stereocenters. The number of nitrogens with one attached hydrogen (secondary N) is 1. The van der Waals surface area contributed by atoms with E-state index >= 15 is 0 Å². The summed E-state index contributed by atoms with van der Waals surface area (Å²) in [5.41, 5.74) is 2.47. The van der Waals surface area contributed by atoms with Crippen molar-refractivity contribution in [3.8, 4) is 5.75 Å². The summed E-state index contributed by atoms with van der Waals surface area (Å²) in [6.07, 6.45) is 0.922. The summed E-state index contributed by atoms with van der Waals surface area (Å²) in [6.45, 7) is 5.10. The molecule has 4 aromatic carbocycles. The molecular weight excluding hydrogens is 622 g/mol. The fraction of sp³-hybridized carbons (Fsp3) is 0.278. The van der Waals surface area contributed by atoms with Crippen molar-refractivity contribution in [3.05, 3.63) is 125 Å². The fourth-order valence-corrected chi connectivity index (χ4v) is 6.70. The van der Waals surface area contributed by atoms with Gasteiger partial charge in [-0.15, -0.1) is 0 Å². The van der Waals surface area contributed by atoms with Gasteiger partial charge in [0.2, 0.25) is 11.8 Å². The van der Waals surface area contributed by atoms with Gasteiger partial charge < -0.3 is 15.0 Å². The van der Waals surface area contributed by atoms with Gasteiger partial charge >= 0.3 is 0 Å². The molecule has 0 aliphatic rings. The number of aryl methyl sites for hydroxylation is 1. The number of halogens is 1. The molecule has 0 aromatic heterocycles. The Morgan fingerprint density at radius 1 is 0.891 bits per heavy atom. The van der Waals surface area contributed by atoms with Crippen LogP contribution in [-0.2, 0) is 32.6 Å². The van der Waals surface area contributed by atoms with Crippen LogP contribution in [0.2, 0.25) is 5.02 Å². The number of amides is 2. The van der Waals surface area contributed by atoms with Gasteiger partial charge in [-0.1, -0.05) is 85.3 Å². The van der Waals surface area contributed by atoms with Crippen molar-refractivity contribution in [2.24, 2.45) is 0 Å². The van der Waals surface area contributed by atoms with Crippen molar-refractivity contribution < 1.29 is 22.7 Å². The van der Waals surface area contributed by atoms with E-state index in [4.69, 9.17) is 16.3 Å². The molecule has 242 valence electrons. The summed E-state index contributed by atoms with van der Waals surface area (Å²) in [4.78, 5) is 30.1. The molecular formula is C36H40ClN3O5S. The SMILES string of the molecule is CC[C@H](C)NC(=O)[C@@H](Cc1ccccc1)N(Cc1cccc(OC)c1)C(=O)CN(c1cc(Cl)ccc1C)S(=O)(=O)c1ccccc1. The van der Waals surface area contributed by atoms with Crippen LogP contribution in [0, 0.1) is 6.92 Å². The van der Waals surface area contributed by atoms with E-state index in [2.05, 4.69) is 5.32 Å². The standard InChI is InChI=1S/C36H40ClN3O5S/c1-5-27(3)38-36(42)34(22-28-13-8-6-9-14-28)39(24-29-15-12-16-31(21-29)45-4)35(41)25-40(33-23-30(37)20-19-26(33)2)46(43,44)32-17-10-7-11-18-32/h6-21,23,27,34H,5,22,24-25H2,1-4H3,(H,38,42)/t27-,34+/m0/s1.